The van der Waals surface area contributed by atoms with Gasteiger partial charge in [0.05, 0.1) is 75.1 Å². The fourth-order valence-electron chi connectivity index (χ4n) is 7.03. The second-order valence-electron chi connectivity index (χ2n) is 12.2. The van der Waals surface area contributed by atoms with Gasteiger partial charge in [0, 0.05) is 19.6 Å². The van der Waals surface area contributed by atoms with Crippen molar-refractivity contribution < 1.29 is 42.9 Å². The number of nitrogens with zero attached hydrogens (tertiary/aromatic N) is 4. The van der Waals surface area contributed by atoms with Crippen LogP contribution in [-0.4, -0.2) is 74.4 Å². The molecule has 0 aliphatic carbocycles. The number of hydrogen-bond donors (Lipinski definition) is 0. The van der Waals surface area contributed by atoms with Crippen molar-refractivity contribution in [3.63, 3.8) is 0 Å². The van der Waals surface area contributed by atoms with Crippen LogP contribution in [0.1, 0.15) is 27.7 Å². The molecule has 8 heteroatoms. The first-order chi connectivity index (χ1) is 21.5. The van der Waals surface area contributed by atoms with Gasteiger partial charge in [-0.1, -0.05) is 72.1 Å². The van der Waals surface area contributed by atoms with Gasteiger partial charge >= 0.3 is 0 Å². The summed E-state index contributed by atoms with van der Waals surface area (Å²) in [6.45, 7) is 21.1. The maximum absolute atomic E-state index is 2.59. The van der Waals surface area contributed by atoms with Crippen LogP contribution in [-0.2, 0) is 0 Å². The molecule has 0 unspecified atom stereocenters. The summed E-state index contributed by atoms with van der Waals surface area (Å²) in [7, 11) is 0. The maximum Gasteiger partial charge on any atom is 0.129 e. The van der Waals surface area contributed by atoms with Crippen molar-refractivity contribution in [2.24, 2.45) is 0 Å². The van der Waals surface area contributed by atoms with Gasteiger partial charge < -0.3 is 52.7 Å². The van der Waals surface area contributed by atoms with Crippen molar-refractivity contribution in [1.29, 1.82) is 0 Å². The summed E-state index contributed by atoms with van der Waals surface area (Å²) in [6, 6.07) is 35.7. The Morgan fingerprint density at radius 3 is 0.935 bits per heavy atom. The van der Waals surface area contributed by atoms with E-state index in [1.165, 1.54) is 81.6 Å². The van der Waals surface area contributed by atoms with Crippen molar-refractivity contribution in [2.45, 2.75) is 47.3 Å². The molecule has 6 rings (SSSR count). The molecule has 0 spiro atoms. The Balaban J connectivity index is 0.00000240. The Morgan fingerprint density at radius 2 is 0.674 bits per heavy atom. The van der Waals surface area contributed by atoms with Crippen LogP contribution in [0.25, 0.3) is 0 Å². The molecule has 2 aliphatic heterocycles. The zero-order valence-corrected chi connectivity index (χ0v) is 32.5. The molecule has 0 amide bonds. The third-order valence-electron chi connectivity index (χ3n) is 10.4. The number of para-hydroxylation sites is 4. The Labute approximate surface area is 306 Å². The van der Waals surface area contributed by atoms with Crippen molar-refractivity contribution >= 4 is 46.3 Å². The summed E-state index contributed by atoms with van der Waals surface area (Å²) in [5, 5.41) is 0. The van der Waals surface area contributed by atoms with Gasteiger partial charge in [0.2, 0.25) is 0 Å². The van der Waals surface area contributed by atoms with Gasteiger partial charge in [-0.05, 0) is 76.2 Å². The van der Waals surface area contributed by atoms with E-state index in [0.29, 0.717) is 0 Å². The van der Waals surface area contributed by atoms with Crippen LogP contribution >= 0.6 is 23.5 Å². The molecule has 0 bridgehead atoms. The fraction of sp³-hybridized carbons (Fsp3) is 0.368. The maximum atomic E-state index is 2.59. The summed E-state index contributed by atoms with van der Waals surface area (Å²) in [5.41, 5.74) is 5.42. The van der Waals surface area contributed by atoms with Gasteiger partial charge in [-0.15, -0.1) is 0 Å². The summed E-state index contributed by atoms with van der Waals surface area (Å²) >= 11 is 3.81. The molecule has 46 heavy (non-hydrogen) atoms. The first-order valence-electron chi connectivity index (χ1n) is 16.5. The Kier molecular flexibility index (Phi) is 13.2. The monoisotopic (exact) mass is 782 g/mol. The number of halogens is 2. The normalized spacial score (nSPS) is 13.5. The van der Waals surface area contributed by atoms with Crippen LogP contribution in [0.5, 0.6) is 0 Å². The van der Waals surface area contributed by atoms with Gasteiger partial charge in [0.15, 0.2) is 0 Å². The lowest BCUT2D eigenvalue weighted by Gasteiger charge is -2.44. The number of quaternary nitrogens is 2. The predicted octanol–water partition coefficient (Wildman–Crippen LogP) is 3.31. The molecule has 0 saturated heterocycles. The summed E-state index contributed by atoms with van der Waals surface area (Å²) in [6.07, 6.45) is 0. The van der Waals surface area contributed by atoms with E-state index in [2.05, 4.69) is 135 Å². The summed E-state index contributed by atoms with van der Waals surface area (Å²) in [5.74, 6) is 0. The van der Waals surface area contributed by atoms with Crippen LogP contribution in [0, 0.1) is 0 Å². The van der Waals surface area contributed by atoms with Crippen LogP contribution in [0.15, 0.2) is 117 Å². The summed E-state index contributed by atoms with van der Waals surface area (Å²) < 4.78 is 2.31. The van der Waals surface area contributed by atoms with Crippen LogP contribution in [0.3, 0.4) is 0 Å². The predicted molar refractivity (Wildman–Crippen MR) is 190 cm³/mol. The summed E-state index contributed by atoms with van der Waals surface area (Å²) in [4.78, 5) is 10.6. The molecule has 0 aromatic heterocycles. The van der Waals surface area contributed by atoms with Gasteiger partial charge in [0.1, 0.15) is 13.1 Å². The van der Waals surface area contributed by atoms with Gasteiger partial charge in [0.25, 0.3) is 0 Å². The highest BCUT2D eigenvalue weighted by molar-refractivity contribution is 8.00. The molecule has 4 aromatic carbocycles. The molecule has 0 atom stereocenters. The molecular weight excluding hydrogens is 736 g/mol. The minimum Gasteiger partial charge on any atom is -1.00 e. The van der Waals surface area contributed by atoms with E-state index in [1.54, 1.807) is 0 Å². The first-order valence-corrected chi connectivity index (χ1v) is 18.1. The lowest BCUT2D eigenvalue weighted by atomic mass is 10.2. The van der Waals surface area contributed by atoms with E-state index in [-0.39, 0.29) is 34.0 Å². The van der Waals surface area contributed by atoms with Crippen molar-refractivity contribution in [3.05, 3.63) is 97.1 Å². The fourth-order valence-corrected chi connectivity index (χ4v) is 9.22. The van der Waals surface area contributed by atoms with E-state index in [9.17, 15) is 0 Å². The standard InChI is InChI=1S/C38H48N4S2.2BrH/c1-5-41(6-2,27-25-39-31-17-9-13-21-35(31)43-36-22-14-10-18-32(36)39)29-30-42(7-3,8-4)28-26-40-33-19-11-15-23-37(33)44-38-24-16-12-20-34(38)40;;/h9-24H,5-8,25-30H2,1-4H3;2*1H/q+2;;/p-2. The van der Waals surface area contributed by atoms with Crippen molar-refractivity contribution in [1.82, 2.24) is 0 Å². The highest BCUT2D eigenvalue weighted by Crippen LogP contribution is 2.49. The third kappa shape index (κ3) is 7.53. The second kappa shape index (κ2) is 16.4. The molecule has 2 heterocycles. The van der Waals surface area contributed by atoms with E-state index in [1.807, 2.05) is 23.5 Å². The van der Waals surface area contributed by atoms with Crippen molar-refractivity contribution in [2.75, 3.05) is 75.2 Å². The quantitative estimate of drug-likeness (QED) is 0.192. The van der Waals surface area contributed by atoms with Gasteiger partial charge in [-0.25, -0.2) is 0 Å². The minimum atomic E-state index is 0. The van der Waals surface area contributed by atoms with E-state index < -0.39 is 0 Å². The molecule has 4 aromatic rings. The largest absolute Gasteiger partial charge is 1.00 e. The average Bonchev–Trinajstić information content (AvgIpc) is 3.08. The van der Waals surface area contributed by atoms with E-state index in [4.69, 9.17) is 0 Å². The van der Waals surface area contributed by atoms with Crippen LogP contribution in [0.2, 0.25) is 0 Å². The van der Waals surface area contributed by atoms with Gasteiger partial charge in [-0.3, -0.25) is 0 Å². The zero-order chi connectivity index (χ0) is 30.6. The van der Waals surface area contributed by atoms with E-state index >= 15 is 0 Å². The Hall–Kier alpha value is -1.94. The lowest BCUT2D eigenvalue weighted by Crippen LogP contribution is -3.00. The third-order valence-corrected chi connectivity index (χ3v) is 12.7. The Morgan fingerprint density at radius 1 is 0.413 bits per heavy atom. The number of fused-ring (bicyclic) bond motifs is 4. The molecular formula is C38H48Br2N4S2. The molecule has 4 nitrogen and oxygen atoms in total. The number of hydrogen-bond acceptors (Lipinski definition) is 4. The smallest absolute Gasteiger partial charge is 0.129 e. The van der Waals surface area contributed by atoms with Gasteiger partial charge in [-0.2, -0.15) is 0 Å². The number of likely N-dealkylation sites (N-methyl/N-ethyl adjacent to an activating group) is 2. The molecule has 0 fully saturated rings. The van der Waals surface area contributed by atoms with Crippen LogP contribution in [0.4, 0.5) is 22.7 Å². The molecule has 0 radical (unpaired) electrons. The number of rotatable bonds is 13. The number of benzene rings is 4. The van der Waals surface area contributed by atoms with E-state index in [0.717, 1.165) is 35.1 Å². The SMILES string of the molecule is CC[N+](CC)(CCN1c2ccccc2Sc2ccccc21)CC[N+](CC)(CC)CCN1c2ccccc2Sc2ccccc21.[Br-].[Br-]. The van der Waals surface area contributed by atoms with Crippen molar-refractivity contribution in [3.8, 4) is 0 Å². The molecule has 246 valence electrons. The molecule has 0 N–H and O–H groups in total. The Bertz CT molecular complexity index is 1370. The van der Waals surface area contributed by atoms with Crippen LogP contribution < -0.4 is 43.8 Å². The minimum absolute atomic E-state index is 0. The average molecular weight is 785 g/mol. The molecule has 0 saturated carbocycles. The number of anilines is 4. The lowest BCUT2D eigenvalue weighted by molar-refractivity contribution is -0.977. The zero-order valence-electron chi connectivity index (χ0n) is 27.7. The first kappa shape index (κ1) is 36.9. The highest BCUT2D eigenvalue weighted by Gasteiger charge is 2.34. The highest BCUT2D eigenvalue weighted by atomic mass is 79.9. The molecule has 2 aliphatic rings. The second-order valence-corrected chi connectivity index (χ2v) is 14.4. The topological polar surface area (TPSA) is 6.48 Å².